The Balaban J connectivity index is 1.84. The molecule has 0 aromatic carbocycles. The average molecular weight is 1100 g/mol. The van der Waals surface area contributed by atoms with E-state index in [9.17, 15) is 53.7 Å². The van der Waals surface area contributed by atoms with Gasteiger partial charge in [0.15, 0.2) is 12.3 Å². The molecule has 1 aromatic rings. The van der Waals surface area contributed by atoms with E-state index in [1.54, 1.807) is 24.3 Å². The Kier molecular flexibility index (Phi) is 36.1. The molecule has 20 nitrogen and oxygen atoms in total. The predicted octanol–water partition coefficient (Wildman–Crippen LogP) is 9.53. The van der Waals surface area contributed by atoms with Crippen molar-refractivity contribution in [3.63, 3.8) is 0 Å². The number of anilines is 1. The Morgan fingerprint density at radius 1 is 0.733 bits per heavy atom. The lowest BCUT2D eigenvalue weighted by Gasteiger charge is -2.21. The molecule has 0 saturated carbocycles. The van der Waals surface area contributed by atoms with Crippen LogP contribution in [0.3, 0.4) is 0 Å². The average Bonchev–Trinajstić information content (AvgIpc) is 3.64. The minimum absolute atomic E-state index is 0.00205. The van der Waals surface area contributed by atoms with Gasteiger partial charge in [-0.15, -0.1) is 0 Å². The van der Waals surface area contributed by atoms with Crippen molar-refractivity contribution in [2.75, 3.05) is 25.6 Å². The molecule has 0 radical (unpaired) electrons. The van der Waals surface area contributed by atoms with E-state index < -0.39 is 95.9 Å². The molecule has 2 rings (SSSR count). The number of nitrogen functional groups attached to an aromatic ring is 1. The highest BCUT2D eigenvalue weighted by atomic mass is 31.3. The first-order valence-corrected chi connectivity index (χ1v) is 30.3. The van der Waals surface area contributed by atoms with Crippen molar-refractivity contribution < 1.29 is 76.5 Å². The maximum absolute atomic E-state index is 12.9. The number of aliphatic hydroxyl groups is 4. The molecule has 8 N–H and O–H groups in total. The van der Waals surface area contributed by atoms with Gasteiger partial charge in [0.1, 0.15) is 30.7 Å². The van der Waals surface area contributed by atoms with E-state index in [1.807, 2.05) is 24.3 Å². The zero-order valence-electron chi connectivity index (χ0n) is 44.7. The topological polar surface area (TPSA) is 306 Å². The molecule has 22 heteroatoms. The lowest BCUT2D eigenvalue weighted by molar-refractivity contribution is -0.161. The van der Waals surface area contributed by atoms with E-state index in [4.69, 9.17) is 29.0 Å². The molecular formula is C53H91N3O17P2. The molecule has 1 aliphatic heterocycles. The lowest BCUT2D eigenvalue weighted by atomic mass is 9.99. The number of carbonyl (C=O) groups is 2. The quantitative estimate of drug-likeness (QED) is 0.0138. The molecule has 0 aliphatic carbocycles. The summed E-state index contributed by atoms with van der Waals surface area (Å²) in [7, 11) is -10.9. The Hall–Kier alpha value is -3.36. The van der Waals surface area contributed by atoms with Crippen LogP contribution in [0.15, 0.2) is 65.7 Å². The number of hydrogen-bond donors (Lipinski definition) is 7. The second-order valence-corrected chi connectivity index (χ2v) is 22.4. The lowest BCUT2D eigenvalue weighted by Crippen LogP contribution is -2.36. The Morgan fingerprint density at radius 2 is 1.27 bits per heavy atom. The summed E-state index contributed by atoms with van der Waals surface area (Å²) in [5.74, 6) is -0.700. The number of nitrogens with two attached hydrogens (primary N) is 1. The van der Waals surface area contributed by atoms with E-state index >= 15 is 0 Å². The highest BCUT2D eigenvalue weighted by Gasteiger charge is 2.46. The van der Waals surface area contributed by atoms with Crippen molar-refractivity contribution in [1.82, 2.24) is 9.55 Å². The van der Waals surface area contributed by atoms with Crippen LogP contribution in [0.1, 0.15) is 188 Å². The second-order valence-electron chi connectivity index (χ2n) is 19.4. The van der Waals surface area contributed by atoms with E-state index in [-0.39, 0.29) is 31.5 Å². The Labute approximate surface area is 445 Å². The summed E-state index contributed by atoms with van der Waals surface area (Å²) in [6.07, 6.45) is 29.6. The summed E-state index contributed by atoms with van der Waals surface area (Å²) in [6, 6.07) is 1.24. The van der Waals surface area contributed by atoms with Crippen LogP contribution in [-0.4, -0.2) is 108 Å². The number of phosphoric acid groups is 2. The first-order valence-electron chi connectivity index (χ1n) is 27.3. The maximum atomic E-state index is 12.9. The number of rotatable bonds is 44. The highest BCUT2D eigenvalue weighted by Crippen LogP contribution is 2.60. The number of aliphatic hydroxyl groups excluding tert-OH is 4. The molecule has 1 fully saturated rings. The molecule has 430 valence electrons. The smallest absolute Gasteiger partial charge is 0.462 e. The van der Waals surface area contributed by atoms with E-state index in [2.05, 4.69) is 30.1 Å². The van der Waals surface area contributed by atoms with E-state index in [0.29, 0.717) is 12.8 Å². The van der Waals surface area contributed by atoms with Crippen molar-refractivity contribution in [3.05, 3.63) is 71.4 Å². The van der Waals surface area contributed by atoms with Gasteiger partial charge in [0.05, 0.1) is 25.4 Å². The van der Waals surface area contributed by atoms with Gasteiger partial charge in [0.2, 0.25) is 0 Å². The molecule has 1 aromatic heterocycles. The van der Waals surface area contributed by atoms with Gasteiger partial charge in [0.25, 0.3) is 0 Å². The van der Waals surface area contributed by atoms with Crippen LogP contribution in [-0.2, 0) is 46.3 Å². The monoisotopic (exact) mass is 1100 g/mol. The summed E-state index contributed by atoms with van der Waals surface area (Å²) in [5, 5.41) is 41.2. The van der Waals surface area contributed by atoms with E-state index in [0.717, 1.165) is 68.0 Å². The fourth-order valence-electron chi connectivity index (χ4n) is 7.97. The molecule has 10 atom stereocenters. The number of allylic oxidation sites excluding steroid dienone is 6. The fourth-order valence-corrected chi connectivity index (χ4v) is 10.1. The summed E-state index contributed by atoms with van der Waals surface area (Å²) in [5.41, 5.74) is 4.57. The van der Waals surface area contributed by atoms with Gasteiger partial charge < -0.3 is 50.2 Å². The van der Waals surface area contributed by atoms with Gasteiger partial charge in [-0.1, -0.05) is 185 Å². The predicted molar refractivity (Wildman–Crippen MR) is 287 cm³/mol. The number of aromatic nitrogens is 2. The van der Waals surface area contributed by atoms with Crippen molar-refractivity contribution >= 4 is 33.4 Å². The van der Waals surface area contributed by atoms with Gasteiger partial charge in [-0.05, 0) is 44.1 Å². The van der Waals surface area contributed by atoms with Gasteiger partial charge >= 0.3 is 33.3 Å². The zero-order valence-corrected chi connectivity index (χ0v) is 46.5. The maximum Gasteiger partial charge on any atom is 0.481 e. The number of hydrogen-bond acceptors (Lipinski definition) is 17. The molecule has 1 aliphatic rings. The third-order valence-corrected chi connectivity index (χ3v) is 15.3. The Morgan fingerprint density at radius 3 is 1.84 bits per heavy atom. The second kappa shape index (κ2) is 39.9. The molecule has 0 bridgehead atoms. The van der Waals surface area contributed by atoms with Crippen LogP contribution in [0.25, 0.3) is 0 Å². The minimum Gasteiger partial charge on any atom is -0.462 e. The molecule has 0 spiro atoms. The fraction of sp³-hybridized carbons (Fsp3) is 0.736. The standard InChI is InChI=1S/C53H91N3O17P2/c1-4-6-24-31-43(57)32-26-21-17-15-18-22-27-33-44(58)34-29-36-48(59)68-39-45(71-49(60)35-28-23-19-14-12-10-8-7-9-11-13-16-20-25-30-42(3)5-2)40-69-74(64,65)73-75(66,67)70-41-46-50(61)51(62)52(72-46)56-38-37-47(54)55-53(56)63/h17-18,21-22,26-27,32-33,37-38,42-46,50-52,57-58,61-62H,4-16,19-20,23-25,28-31,34-36,39-41H2,1-3H3,(H,64,65)(H,66,67)(H2,54,55,63)/b21-17-,22-18-,32-26+,33-27+/t42?,43-,44-,45+,46+,50+,51+,52+/m0/s1. The summed E-state index contributed by atoms with van der Waals surface area (Å²) < 4.78 is 56.7. The third kappa shape index (κ3) is 32.9. The minimum atomic E-state index is -5.47. The van der Waals surface area contributed by atoms with Crippen LogP contribution >= 0.6 is 15.6 Å². The molecule has 3 unspecified atom stereocenters. The van der Waals surface area contributed by atoms with Crippen molar-refractivity contribution in [1.29, 1.82) is 0 Å². The van der Waals surface area contributed by atoms with Gasteiger partial charge in [-0.25, -0.2) is 13.9 Å². The number of phosphoric ester groups is 2. The normalized spacial score (nSPS) is 20.4. The van der Waals surface area contributed by atoms with Gasteiger partial charge in [-0.2, -0.15) is 9.29 Å². The van der Waals surface area contributed by atoms with Gasteiger partial charge in [0, 0.05) is 19.0 Å². The molecule has 75 heavy (non-hydrogen) atoms. The SMILES string of the molecule is CCCCC[C@H](O)/C=C/C=C\C/C=C\C=C\[C@H](O)CCCC(=O)OC[C@H](COP(=O)(O)OP(=O)(O)OC[C@H]1O[C@@H](n2ccc(N)nc2=O)[C@H](O)[C@@H]1O)OC(=O)CCCCCCCCCCCCCCCCC(C)CC. The van der Waals surface area contributed by atoms with Gasteiger partial charge in [-0.3, -0.25) is 23.2 Å². The van der Waals surface area contributed by atoms with Crippen LogP contribution in [0.4, 0.5) is 5.82 Å². The van der Waals surface area contributed by atoms with E-state index in [1.165, 1.54) is 76.7 Å². The number of ether oxygens (including phenoxy) is 3. The summed E-state index contributed by atoms with van der Waals surface area (Å²) >= 11 is 0. The zero-order chi connectivity index (χ0) is 55.3. The molecule has 1 saturated heterocycles. The van der Waals surface area contributed by atoms with Crippen molar-refractivity contribution in [2.24, 2.45) is 5.92 Å². The third-order valence-electron chi connectivity index (χ3n) is 12.7. The molecule has 0 amide bonds. The summed E-state index contributed by atoms with van der Waals surface area (Å²) in [6.45, 7) is 4.20. The number of esters is 2. The number of carbonyl (C=O) groups excluding carboxylic acids is 2. The first kappa shape index (κ1) is 67.7. The molecule has 2 heterocycles. The van der Waals surface area contributed by atoms with Crippen LogP contribution in [0.5, 0.6) is 0 Å². The number of nitrogens with zero attached hydrogens (tertiary/aromatic N) is 2. The van der Waals surface area contributed by atoms with Crippen LogP contribution in [0.2, 0.25) is 0 Å². The largest absolute Gasteiger partial charge is 0.481 e. The first-order chi connectivity index (χ1) is 35.9. The highest BCUT2D eigenvalue weighted by molar-refractivity contribution is 7.61. The van der Waals surface area contributed by atoms with Crippen molar-refractivity contribution in [3.8, 4) is 0 Å². The molecular weight excluding hydrogens is 1010 g/mol. The van der Waals surface area contributed by atoms with Crippen LogP contribution < -0.4 is 11.4 Å². The van der Waals surface area contributed by atoms with Crippen LogP contribution in [0, 0.1) is 5.92 Å². The number of unbranched alkanes of at least 4 members (excludes halogenated alkanes) is 15. The summed E-state index contributed by atoms with van der Waals surface area (Å²) in [4.78, 5) is 62.0. The van der Waals surface area contributed by atoms with Crippen molar-refractivity contribution in [2.45, 2.75) is 224 Å². The Bertz CT molecular complexity index is 2000.